The number of hydrogen-bond acceptors (Lipinski definition) is 2. The molecule has 1 aliphatic rings. The van der Waals surface area contributed by atoms with Crippen LogP contribution in [-0.4, -0.2) is 15.7 Å². The Morgan fingerprint density at radius 1 is 1.33 bits per heavy atom. The Kier molecular flexibility index (Phi) is 3.82. The summed E-state index contributed by atoms with van der Waals surface area (Å²) in [5.41, 5.74) is 2.56. The Balaban J connectivity index is 2.03. The zero-order valence-electron chi connectivity index (χ0n) is 13.1. The normalized spacial score (nSPS) is 17.7. The van der Waals surface area contributed by atoms with E-state index in [-0.39, 0.29) is 6.10 Å². The van der Waals surface area contributed by atoms with Crippen molar-refractivity contribution in [1.29, 1.82) is 0 Å². The van der Waals surface area contributed by atoms with E-state index in [4.69, 9.17) is 17.0 Å². The number of nitrogens with one attached hydrogen (secondary N) is 1. The second-order valence-electron chi connectivity index (χ2n) is 6.85. The third-order valence-corrected chi connectivity index (χ3v) is 4.81. The highest BCUT2D eigenvalue weighted by molar-refractivity contribution is 7.71. The van der Waals surface area contributed by atoms with E-state index in [9.17, 15) is 0 Å². The Morgan fingerprint density at radius 3 is 2.71 bits per heavy atom. The number of fused-ring (bicyclic) bond motifs is 1. The standard InChI is InChI=1S/C17H24N2OS/c1-12(2)20-14-8-6-7-13-15(14)18-16(21)19(13)11-17(3)9-4-5-10-17/h6-8,12H,4-5,9-11H2,1-3H3,(H,18,21). The van der Waals surface area contributed by atoms with Crippen molar-refractivity contribution < 1.29 is 4.74 Å². The fourth-order valence-corrected chi connectivity index (χ4v) is 3.70. The minimum Gasteiger partial charge on any atom is -0.489 e. The average molecular weight is 304 g/mol. The number of ether oxygens (including phenoxy) is 1. The monoisotopic (exact) mass is 304 g/mol. The van der Waals surface area contributed by atoms with Crippen LogP contribution in [-0.2, 0) is 6.54 Å². The molecule has 1 aromatic heterocycles. The number of imidazole rings is 1. The summed E-state index contributed by atoms with van der Waals surface area (Å²) >= 11 is 5.56. The number of nitrogens with zero attached hydrogens (tertiary/aromatic N) is 1. The molecule has 1 N–H and O–H groups in total. The first-order chi connectivity index (χ1) is 9.98. The van der Waals surface area contributed by atoms with E-state index in [2.05, 4.69) is 28.6 Å². The van der Waals surface area contributed by atoms with Crippen LogP contribution in [0.4, 0.5) is 0 Å². The molecule has 2 aromatic rings. The molecule has 1 fully saturated rings. The van der Waals surface area contributed by atoms with Crippen LogP contribution < -0.4 is 4.74 Å². The molecule has 0 radical (unpaired) electrons. The van der Waals surface area contributed by atoms with Gasteiger partial charge in [0.15, 0.2) is 4.77 Å². The van der Waals surface area contributed by atoms with Crippen molar-refractivity contribution in [3.05, 3.63) is 23.0 Å². The molecular formula is C17H24N2OS. The molecule has 0 bridgehead atoms. The van der Waals surface area contributed by atoms with Crippen LogP contribution in [0.2, 0.25) is 0 Å². The lowest BCUT2D eigenvalue weighted by Gasteiger charge is -2.24. The van der Waals surface area contributed by atoms with Gasteiger partial charge in [-0.3, -0.25) is 0 Å². The molecule has 0 aliphatic heterocycles. The summed E-state index contributed by atoms with van der Waals surface area (Å²) in [6, 6.07) is 6.19. The van der Waals surface area contributed by atoms with E-state index in [0.717, 1.165) is 28.1 Å². The Hall–Kier alpha value is -1.29. The zero-order valence-corrected chi connectivity index (χ0v) is 13.9. The van der Waals surface area contributed by atoms with E-state index >= 15 is 0 Å². The molecule has 1 heterocycles. The van der Waals surface area contributed by atoms with Gasteiger partial charge in [0, 0.05) is 6.54 Å². The molecule has 0 saturated heterocycles. The maximum absolute atomic E-state index is 5.90. The minimum absolute atomic E-state index is 0.160. The number of rotatable bonds is 4. The van der Waals surface area contributed by atoms with E-state index in [1.807, 2.05) is 19.9 Å². The highest BCUT2D eigenvalue weighted by Crippen LogP contribution is 2.40. The molecule has 1 saturated carbocycles. The van der Waals surface area contributed by atoms with Crippen LogP contribution in [0.3, 0.4) is 0 Å². The van der Waals surface area contributed by atoms with E-state index in [1.54, 1.807) is 0 Å². The van der Waals surface area contributed by atoms with Crippen LogP contribution in [0.5, 0.6) is 5.75 Å². The Morgan fingerprint density at radius 2 is 2.05 bits per heavy atom. The van der Waals surface area contributed by atoms with Crippen molar-refractivity contribution in [1.82, 2.24) is 9.55 Å². The molecule has 21 heavy (non-hydrogen) atoms. The number of aromatic amines is 1. The van der Waals surface area contributed by atoms with E-state index < -0.39 is 0 Å². The lowest BCUT2D eigenvalue weighted by Crippen LogP contribution is -2.19. The second kappa shape index (κ2) is 5.48. The predicted octanol–water partition coefficient (Wildman–Crippen LogP) is 5.07. The lowest BCUT2D eigenvalue weighted by atomic mass is 9.89. The molecule has 1 aromatic carbocycles. The number of H-pyrrole nitrogens is 1. The van der Waals surface area contributed by atoms with Gasteiger partial charge in [0.2, 0.25) is 0 Å². The van der Waals surface area contributed by atoms with E-state index in [0.29, 0.717) is 5.41 Å². The Labute approximate surface area is 131 Å². The lowest BCUT2D eigenvalue weighted by molar-refractivity contribution is 0.245. The number of benzene rings is 1. The van der Waals surface area contributed by atoms with Gasteiger partial charge in [-0.1, -0.05) is 25.8 Å². The average Bonchev–Trinajstić information content (AvgIpc) is 2.96. The van der Waals surface area contributed by atoms with Gasteiger partial charge in [0.25, 0.3) is 0 Å². The largest absolute Gasteiger partial charge is 0.489 e. The van der Waals surface area contributed by atoms with Gasteiger partial charge in [-0.2, -0.15) is 0 Å². The summed E-state index contributed by atoms with van der Waals surface area (Å²) in [6.45, 7) is 7.47. The summed E-state index contributed by atoms with van der Waals surface area (Å²) in [6.07, 6.45) is 5.43. The fraction of sp³-hybridized carbons (Fsp3) is 0.588. The molecule has 0 atom stereocenters. The zero-order chi connectivity index (χ0) is 15.0. The molecule has 1 aliphatic carbocycles. The van der Waals surface area contributed by atoms with Crippen molar-refractivity contribution >= 4 is 23.3 Å². The topological polar surface area (TPSA) is 29.9 Å². The first-order valence-electron chi connectivity index (χ1n) is 7.87. The highest BCUT2D eigenvalue weighted by atomic mass is 32.1. The van der Waals surface area contributed by atoms with Gasteiger partial charge in [-0.25, -0.2) is 0 Å². The number of aromatic nitrogens is 2. The number of hydrogen-bond donors (Lipinski definition) is 1. The van der Waals surface area contributed by atoms with Gasteiger partial charge in [-0.05, 0) is 56.5 Å². The fourth-order valence-electron chi connectivity index (χ4n) is 3.43. The summed E-state index contributed by atoms with van der Waals surface area (Å²) in [7, 11) is 0. The molecule has 0 spiro atoms. The van der Waals surface area contributed by atoms with Crippen molar-refractivity contribution in [3.63, 3.8) is 0 Å². The Bertz CT molecular complexity index is 692. The second-order valence-corrected chi connectivity index (χ2v) is 7.24. The SMILES string of the molecule is CC(C)Oc1cccc2c1[nH]c(=S)n2CC1(C)CCCC1. The van der Waals surface area contributed by atoms with Gasteiger partial charge >= 0.3 is 0 Å². The van der Waals surface area contributed by atoms with Crippen molar-refractivity contribution in [2.45, 2.75) is 59.1 Å². The molecule has 0 unspecified atom stereocenters. The van der Waals surface area contributed by atoms with Gasteiger partial charge in [0.1, 0.15) is 11.3 Å². The third kappa shape index (κ3) is 2.86. The third-order valence-electron chi connectivity index (χ3n) is 4.49. The molecule has 4 heteroatoms. The maximum Gasteiger partial charge on any atom is 0.178 e. The van der Waals surface area contributed by atoms with Gasteiger partial charge in [-0.15, -0.1) is 0 Å². The smallest absolute Gasteiger partial charge is 0.178 e. The molecule has 3 nitrogen and oxygen atoms in total. The van der Waals surface area contributed by atoms with Crippen LogP contribution >= 0.6 is 12.2 Å². The predicted molar refractivity (Wildman–Crippen MR) is 89.5 cm³/mol. The molecular weight excluding hydrogens is 280 g/mol. The first-order valence-corrected chi connectivity index (χ1v) is 8.28. The van der Waals surface area contributed by atoms with Crippen LogP contribution in [0.25, 0.3) is 11.0 Å². The maximum atomic E-state index is 5.90. The van der Waals surface area contributed by atoms with Gasteiger partial charge < -0.3 is 14.3 Å². The summed E-state index contributed by atoms with van der Waals surface area (Å²) in [5, 5.41) is 0. The minimum atomic E-state index is 0.160. The molecule has 0 amide bonds. The van der Waals surface area contributed by atoms with Crippen LogP contribution in [0, 0.1) is 10.2 Å². The first kappa shape index (κ1) is 14.6. The summed E-state index contributed by atoms with van der Waals surface area (Å²) in [5.74, 6) is 0.893. The number of para-hydroxylation sites is 1. The van der Waals surface area contributed by atoms with Crippen molar-refractivity contribution in [2.24, 2.45) is 5.41 Å². The summed E-state index contributed by atoms with van der Waals surface area (Å²) < 4.78 is 8.96. The summed E-state index contributed by atoms with van der Waals surface area (Å²) in [4.78, 5) is 3.34. The van der Waals surface area contributed by atoms with Crippen molar-refractivity contribution in [3.8, 4) is 5.75 Å². The van der Waals surface area contributed by atoms with Crippen LogP contribution in [0.15, 0.2) is 18.2 Å². The molecule has 114 valence electrons. The quantitative estimate of drug-likeness (QED) is 0.800. The highest BCUT2D eigenvalue weighted by Gasteiger charge is 2.30. The van der Waals surface area contributed by atoms with Crippen molar-refractivity contribution in [2.75, 3.05) is 0 Å². The van der Waals surface area contributed by atoms with Crippen LogP contribution in [0.1, 0.15) is 46.5 Å². The van der Waals surface area contributed by atoms with Gasteiger partial charge in [0.05, 0.1) is 11.6 Å². The van der Waals surface area contributed by atoms with E-state index in [1.165, 1.54) is 25.7 Å². The molecule has 3 rings (SSSR count).